The van der Waals surface area contributed by atoms with Gasteiger partial charge in [-0.05, 0) is 56.5 Å². The molecule has 6 heteroatoms. The van der Waals surface area contributed by atoms with Crippen molar-refractivity contribution in [2.24, 2.45) is 5.92 Å². The topological polar surface area (TPSA) is 53.0 Å². The SMILES string of the molecule is Cl.O=C(O)C1CCCN(CCOCCCCN(c2ccccc2)c2ccccc2)C1. The van der Waals surface area contributed by atoms with Gasteiger partial charge in [-0.3, -0.25) is 4.79 Å². The number of anilines is 2. The van der Waals surface area contributed by atoms with Gasteiger partial charge in [-0.15, -0.1) is 12.4 Å². The first-order valence-electron chi connectivity index (χ1n) is 10.6. The Morgan fingerprint density at radius 3 is 2.23 bits per heavy atom. The van der Waals surface area contributed by atoms with Crippen molar-refractivity contribution in [3.63, 3.8) is 0 Å². The smallest absolute Gasteiger partial charge is 0.307 e. The molecule has 1 heterocycles. The number of piperidine rings is 1. The van der Waals surface area contributed by atoms with Crippen LogP contribution in [0.1, 0.15) is 25.7 Å². The van der Waals surface area contributed by atoms with Crippen molar-refractivity contribution in [2.45, 2.75) is 25.7 Å². The quantitative estimate of drug-likeness (QED) is 0.515. The van der Waals surface area contributed by atoms with Crippen LogP contribution in [0.5, 0.6) is 0 Å². The van der Waals surface area contributed by atoms with Crippen LogP contribution in [0.4, 0.5) is 11.4 Å². The fourth-order valence-electron chi connectivity index (χ4n) is 3.85. The number of unbranched alkanes of at least 4 members (excludes halogenated alkanes) is 1. The lowest BCUT2D eigenvalue weighted by atomic mass is 9.98. The number of carbonyl (C=O) groups is 1. The van der Waals surface area contributed by atoms with Crippen LogP contribution in [-0.2, 0) is 9.53 Å². The predicted molar refractivity (Wildman–Crippen MR) is 124 cm³/mol. The Morgan fingerprint density at radius 2 is 1.63 bits per heavy atom. The first-order valence-corrected chi connectivity index (χ1v) is 10.6. The molecule has 1 aliphatic heterocycles. The summed E-state index contributed by atoms with van der Waals surface area (Å²) in [6.07, 6.45) is 3.82. The molecule has 30 heavy (non-hydrogen) atoms. The number of carboxylic acid groups (broad SMARTS) is 1. The van der Waals surface area contributed by atoms with Crippen molar-refractivity contribution in [1.29, 1.82) is 0 Å². The van der Waals surface area contributed by atoms with Crippen LogP contribution in [0, 0.1) is 5.92 Å². The summed E-state index contributed by atoms with van der Waals surface area (Å²) in [5.41, 5.74) is 2.41. The third-order valence-electron chi connectivity index (χ3n) is 5.46. The standard InChI is InChI=1S/C24H32N2O3.ClH/c27-24(28)21-10-9-15-25(20-21)17-19-29-18-8-7-16-26(22-11-3-1-4-12-22)23-13-5-2-6-14-23;/h1-6,11-14,21H,7-10,15-20H2,(H,27,28);1H. The number of aliphatic carboxylic acids is 1. The molecule has 164 valence electrons. The first-order chi connectivity index (χ1) is 14.2. The third-order valence-corrected chi connectivity index (χ3v) is 5.46. The predicted octanol–water partition coefficient (Wildman–Crippen LogP) is 4.84. The molecule has 0 amide bonds. The van der Waals surface area contributed by atoms with Crippen molar-refractivity contribution in [3.05, 3.63) is 60.7 Å². The van der Waals surface area contributed by atoms with Gasteiger partial charge < -0.3 is 19.6 Å². The minimum absolute atomic E-state index is 0. The van der Waals surface area contributed by atoms with Crippen molar-refractivity contribution < 1.29 is 14.6 Å². The van der Waals surface area contributed by atoms with E-state index in [1.807, 2.05) is 12.1 Å². The molecule has 0 bridgehead atoms. The van der Waals surface area contributed by atoms with Crippen molar-refractivity contribution in [3.8, 4) is 0 Å². The number of likely N-dealkylation sites (tertiary alicyclic amines) is 1. The van der Waals surface area contributed by atoms with Gasteiger partial charge in [0.15, 0.2) is 0 Å². The summed E-state index contributed by atoms with van der Waals surface area (Å²) < 4.78 is 5.82. The average molecular weight is 433 g/mol. The second kappa shape index (κ2) is 13.3. The number of hydrogen-bond acceptors (Lipinski definition) is 4. The highest BCUT2D eigenvalue weighted by Crippen LogP contribution is 2.25. The largest absolute Gasteiger partial charge is 0.481 e. The molecule has 1 saturated heterocycles. The molecule has 1 unspecified atom stereocenters. The Bertz CT molecular complexity index is 690. The number of ether oxygens (including phenoxy) is 1. The maximum atomic E-state index is 11.1. The third kappa shape index (κ3) is 7.63. The first kappa shape index (κ1) is 24.2. The van der Waals surface area contributed by atoms with Crippen LogP contribution in [0.25, 0.3) is 0 Å². The van der Waals surface area contributed by atoms with E-state index in [0.717, 1.165) is 51.9 Å². The second-order valence-corrected chi connectivity index (χ2v) is 7.62. The van der Waals surface area contributed by atoms with Gasteiger partial charge in [0, 0.05) is 37.6 Å². The lowest BCUT2D eigenvalue weighted by Crippen LogP contribution is -2.40. The zero-order chi connectivity index (χ0) is 20.3. The van der Waals surface area contributed by atoms with Crippen LogP contribution in [0.15, 0.2) is 60.7 Å². The fraction of sp³-hybridized carbons (Fsp3) is 0.458. The number of carboxylic acids is 1. The van der Waals surface area contributed by atoms with E-state index in [0.29, 0.717) is 13.2 Å². The van der Waals surface area contributed by atoms with Gasteiger partial charge in [-0.2, -0.15) is 0 Å². The molecular formula is C24H33ClN2O3. The Labute approximate surface area is 186 Å². The van der Waals surface area contributed by atoms with Crippen molar-refractivity contribution in [2.75, 3.05) is 44.3 Å². The number of halogens is 1. The van der Waals surface area contributed by atoms with Gasteiger partial charge in [0.1, 0.15) is 0 Å². The van der Waals surface area contributed by atoms with E-state index in [2.05, 4.69) is 58.3 Å². The summed E-state index contributed by atoms with van der Waals surface area (Å²) in [4.78, 5) is 15.7. The lowest BCUT2D eigenvalue weighted by molar-refractivity contribution is -0.143. The molecule has 0 saturated carbocycles. The molecule has 0 aromatic heterocycles. The molecule has 0 radical (unpaired) electrons. The molecule has 0 aliphatic carbocycles. The maximum absolute atomic E-state index is 11.1. The van der Waals surface area contributed by atoms with E-state index >= 15 is 0 Å². The van der Waals surface area contributed by atoms with Gasteiger partial charge in [-0.1, -0.05) is 36.4 Å². The van der Waals surface area contributed by atoms with Crippen LogP contribution >= 0.6 is 12.4 Å². The molecule has 2 aromatic carbocycles. The van der Waals surface area contributed by atoms with Crippen LogP contribution in [0.3, 0.4) is 0 Å². The van der Waals surface area contributed by atoms with Crippen LogP contribution in [0.2, 0.25) is 0 Å². The number of benzene rings is 2. The second-order valence-electron chi connectivity index (χ2n) is 7.62. The summed E-state index contributed by atoms with van der Waals surface area (Å²) in [5.74, 6) is -0.886. The molecular weight excluding hydrogens is 400 g/mol. The molecule has 1 N–H and O–H groups in total. The normalized spacial score (nSPS) is 16.6. The summed E-state index contributed by atoms with van der Waals surface area (Å²) in [6.45, 7) is 4.83. The lowest BCUT2D eigenvalue weighted by Gasteiger charge is -2.30. The van der Waals surface area contributed by atoms with E-state index < -0.39 is 5.97 Å². The molecule has 1 atom stereocenters. The summed E-state index contributed by atoms with van der Waals surface area (Å²) in [5, 5.41) is 9.17. The van der Waals surface area contributed by atoms with Gasteiger partial charge in [0.2, 0.25) is 0 Å². The fourth-order valence-corrected chi connectivity index (χ4v) is 3.85. The van der Waals surface area contributed by atoms with Gasteiger partial charge in [-0.25, -0.2) is 0 Å². The summed E-state index contributed by atoms with van der Waals surface area (Å²) >= 11 is 0. The maximum Gasteiger partial charge on any atom is 0.307 e. The van der Waals surface area contributed by atoms with Gasteiger partial charge in [0.25, 0.3) is 0 Å². The minimum atomic E-state index is -0.669. The highest BCUT2D eigenvalue weighted by atomic mass is 35.5. The zero-order valence-electron chi connectivity index (χ0n) is 17.5. The Balaban J connectivity index is 0.00000320. The minimum Gasteiger partial charge on any atom is -0.481 e. The Hall–Kier alpha value is -2.08. The van der Waals surface area contributed by atoms with E-state index in [1.54, 1.807) is 0 Å². The van der Waals surface area contributed by atoms with Crippen LogP contribution in [-0.4, -0.2) is 55.4 Å². The highest BCUT2D eigenvalue weighted by molar-refractivity contribution is 5.85. The van der Waals surface area contributed by atoms with Crippen LogP contribution < -0.4 is 4.90 Å². The molecule has 5 nitrogen and oxygen atoms in total. The summed E-state index contributed by atoms with van der Waals surface area (Å²) in [6, 6.07) is 21.0. The highest BCUT2D eigenvalue weighted by Gasteiger charge is 2.24. The summed E-state index contributed by atoms with van der Waals surface area (Å²) in [7, 11) is 0. The molecule has 2 aromatic rings. The van der Waals surface area contributed by atoms with E-state index in [4.69, 9.17) is 4.74 Å². The monoisotopic (exact) mass is 432 g/mol. The molecule has 1 aliphatic rings. The average Bonchev–Trinajstić information content (AvgIpc) is 2.77. The van der Waals surface area contributed by atoms with E-state index in [9.17, 15) is 9.90 Å². The number of para-hydroxylation sites is 2. The number of nitrogens with zero attached hydrogens (tertiary/aromatic N) is 2. The zero-order valence-corrected chi connectivity index (χ0v) is 18.3. The van der Waals surface area contributed by atoms with E-state index in [-0.39, 0.29) is 18.3 Å². The molecule has 1 fully saturated rings. The number of hydrogen-bond donors (Lipinski definition) is 1. The van der Waals surface area contributed by atoms with Gasteiger partial charge >= 0.3 is 5.97 Å². The van der Waals surface area contributed by atoms with Crippen molar-refractivity contribution >= 4 is 29.8 Å². The van der Waals surface area contributed by atoms with Gasteiger partial charge in [0.05, 0.1) is 12.5 Å². The molecule has 0 spiro atoms. The molecule has 3 rings (SSSR count). The Morgan fingerprint density at radius 1 is 1.00 bits per heavy atom. The number of rotatable bonds is 11. The van der Waals surface area contributed by atoms with E-state index in [1.165, 1.54) is 11.4 Å². The Kier molecular flexibility index (Phi) is 10.7. The van der Waals surface area contributed by atoms with Crippen molar-refractivity contribution in [1.82, 2.24) is 4.90 Å².